The van der Waals surface area contributed by atoms with Crippen LogP contribution in [0.4, 0.5) is 0 Å². The van der Waals surface area contributed by atoms with Crippen molar-refractivity contribution in [3.63, 3.8) is 0 Å². The summed E-state index contributed by atoms with van der Waals surface area (Å²) < 4.78 is 0. The Morgan fingerprint density at radius 2 is 2.04 bits per heavy atom. The molecule has 8 nitrogen and oxygen atoms in total. The van der Waals surface area contributed by atoms with Crippen molar-refractivity contribution in [2.24, 2.45) is 5.92 Å². The van der Waals surface area contributed by atoms with Crippen LogP contribution in [0.25, 0.3) is 5.69 Å². The first-order chi connectivity index (χ1) is 13.7. The molecule has 2 amide bonds. The number of piperidine rings is 1. The Labute approximate surface area is 164 Å². The van der Waals surface area contributed by atoms with Crippen LogP contribution >= 0.6 is 0 Å². The highest BCUT2D eigenvalue weighted by atomic mass is 16.2. The first-order valence-electron chi connectivity index (χ1n) is 9.99. The summed E-state index contributed by atoms with van der Waals surface area (Å²) in [6.45, 7) is 2.87. The molecular weight excluding hydrogens is 356 g/mol. The lowest BCUT2D eigenvalue weighted by atomic mass is 9.97. The van der Waals surface area contributed by atoms with Crippen molar-refractivity contribution < 1.29 is 9.59 Å². The molecule has 2 saturated heterocycles. The number of amides is 2. The Morgan fingerprint density at radius 1 is 1.18 bits per heavy atom. The maximum absolute atomic E-state index is 12.8. The third kappa shape index (κ3) is 4.22. The van der Waals surface area contributed by atoms with E-state index >= 15 is 0 Å². The topological polar surface area (TPSA) is 92.2 Å². The Balaban J connectivity index is 1.33. The van der Waals surface area contributed by atoms with Crippen molar-refractivity contribution in [2.75, 3.05) is 26.2 Å². The molecule has 0 bridgehead atoms. The van der Waals surface area contributed by atoms with Gasteiger partial charge in [0.25, 0.3) is 5.91 Å². The predicted octanol–water partition coefficient (Wildman–Crippen LogP) is 0.988. The summed E-state index contributed by atoms with van der Waals surface area (Å²) in [5.41, 5.74) is 1.17. The lowest BCUT2D eigenvalue weighted by Crippen LogP contribution is -2.46. The maximum atomic E-state index is 12.8. The second kappa shape index (κ2) is 8.52. The van der Waals surface area contributed by atoms with E-state index in [1.54, 1.807) is 0 Å². The largest absolute Gasteiger partial charge is 0.354 e. The number of carbonyl (C=O) groups is 2. The highest BCUT2D eigenvalue weighted by Gasteiger charge is 2.28. The van der Waals surface area contributed by atoms with E-state index in [9.17, 15) is 9.59 Å². The van der Waals surface area contributed by atoms with Crippen LogP contribution < -0.4 is 10.6 Å². The van der Waals surface area contributed by atoms with Crippen LogP contribution in [-0.4, -0.2) is 63.9 Å². The number of benzene rings is 1. The van der Waals surface area contributed by atoms with Crippen LogP contribution in [0.15, 0.2) is 36.5 Å². The molecule has 2 atom stereocenters. The zero-order valence-electron chi connectivity index (χ0n) is 15.9. The number of hydrogen-bond acceptors (Lipinski definition) is 5. The number of carbonyl (C=O) groups excluding carboxylic acids is 2. The van der Waals surface area contributed by atoms with Crippen LogP contribution in [0.2, 0.25) is 0 Å². The van der Waals surface area contributed by atoms with Crippen molar-refractivity contribution in [3.8, 4) is 5.69 Å². The molecule has 0 spiro atoms. The Morgan fingerprint density at radius 3 is 2.82 bits per heavy atom. The van der Waals surface area contributed by atoms with Crippen LogP contribution in [0.1, 0.15) is 36.2 Å². The van der Waals surface area contributed by atoms with Gasteiger partial charge in [-0.15, -0.1) is 5.10 Å². The fourth-order valence-electron chi connectivity index (χ4n) is 3.90. The fourth-order valence-corrected chi connectivity index (χ4v) is 3.90. The molecule has 1 aromatic heterocycles. The number of nitrogens with zero attached hydrogens (tertiary/aromatic N) is 4. The van der Waals surface area contributed by atoms with Crippen LogP contribution in [0.3, 0.4) is 0 Å². The van der Waals surface area contributed by atoms with Crippen molar-refractivity contribution in [2.45, 2.75) is 31.7 Å². The molecule has 2 unspecified atom stereocenters. The molecule has 0 aliphatic carbocycles. The van der Waals surface area contributed by atoms with Crippen LogP contribution in [0.5, 0.6) is 0 Å². The van der Waals surface area contributed by atoms with Gasteiger partial charge in [-0.05, 0) is 50.3 Å². The SMILES string of the molecule is O=C(NCC1CCCN(C(=O)c2cnn(-c3ccccc3)n2)C1)C1CCCN1. The molecule has 0 saturated carbocycles. The summed E-state index contributed by atoms with van der Waals surface area (Å²) in [6, 6.07) is 9.47. The average molecular weight is 382 g/mol. The number of para-hydroxylation sites is 1. The van der Waals surface area contributed by atoms with Gasteiger partial charge in [-0.1, -0.05) is 18.2 Å². The summed E-state index contributed by atoms with van der Waals surface area (Å²) in [4.78, 5) is 28.3. The van der Waals surface area contributed by atoms with E-state index in [1.165, 1.54) is 11.0 Å². The van der Waals surface area contributed by atoms with Crippen LogP contribution in [0, 0.1) is 5.92 Å². The van der Waals surface area contributed by atoms with Gasteiger partial charge in [0, 0.05) is 19.6 Å². The Bertz CT molecular complexity index is 815. The van der Waals surface area contributed by atoms with Gasteiger partial charge in [-0.25, -0.2) is 0 Å². The zero-order chi connectivity index (χ0) is 19.3. The van der Waals surface area contributed by atoms with Crippen LogP contribution in [-0.2, 0) is 4.79 Å². The molecule has 148 valence electrons. The maximum Gasteiger partial charge on any atom is 0.276 e. The molecule has 28 heavy (non-hydrogen) atoms. The van der Waals surface area contributed by atoms with E-state index in [0.29, 0.717) is 25.3 Å². The number of nitrogens with one attached hydrogen (secondary N) is 2. The molecule has 2 N–H and O–H groups in total. The normalized spacial score (nSPS) is 22.2. The van der Waals surface area contributed by atoms with E-state index in [4.69, 9.17) is 0 Å². The summed E-state index contributed by atoms with van der Waals surface area (Å²) in [5.74, 6) is 0.245. The number of likely N-dealkylation sites (tertiary alicyclic amines) is 1. The number of rotatable bonds is 5. The number of aromatic nitrogens is 3. The van der Waals surface area contributed by atoms with Gasteiger partial charge in [-0.2, -0.15) is 9.90 Å². The average Bonchev–Trinajstić information content (AvgIpc) is 3.45. The molecular formula is C20H26N6O2. The van der Waals surface area contributed by atoms with Crippen molar-refractivity contribution in [1.29, 1.82) is 0 Å². The lowest BCUT2D eigenvalue weighted by Gasteiger charge is -2.32. The van der Waals surface area contributed by atoms with Gasteiger partial charge >= 0.3 is 0 Å². The van der Waals surface area contributed by atoms with Gasteiger partial charge in [0.2, 0.25) is 5.91 Å². The monoisotopic (exact) mass is 382 g/mol. The van der Waals surface area contributed by atoms with Gasteiger partial charge in [0.1, 0.15) is 0 Å². The summed E-state index contributed by atoms with van der Waals surface area (Å²) in [6.07, 6.45) is 5.41. The summed E-state index contributed by atoms with van der Waals surface area (Å²) in [5, 5.41) is 14.8. The molecule has 3 heterocycles. The fraction of sp³-hybridized carbons (Fsp3) is 0.500. The number of hydrogen-bond donors (Lipinski definition) is 2. The van der Waals surface area contributed by atoms with E-state index in [2.05, 4.69) is 20.8 Å². The highest BCUT2D eigenvalue weighted by Crippen LogP contribution is 2.18. The van der Waals surface area contributed by atoms with Crippen molar-refractivity contribution in [3.05, 3.63) is 42.2 Å². The Hall–Kier alpha value is -2.74. The molecule has 2 fully saturated rings. The minimum Gasteiger partial charge on any atom is -0.354 e. The molecule has 2 aliphatic rings. The van der Waals surface area contributed by atoms with E-state index in [1.807, 2.05) is 35.2 Å². The smallest absolute Gasteiger partial charge is 0.276 e. The van der Waals surface area contributed by atoms with Gasteiger partial charge in [0.15, 0.2) is 5.69 Å². The molecule has 8 heteroatoms. The molecule has 4 rings (SSSR count). The predicted molar refractivity (Wildman–Crippen MR) is 104 cm³/mol. The second-order valence-corrected chi connectivity index (χ2v) is 7.51. The van der Waals surface area contributed by atoms with E-state index in [-0.39, 0.29) is 23.8 Å². The second-order valence-electron chi connectivity index (χ2n) is 7.51. The third-order valence-electron chi connectivity index (χ3n) is 5.45. The first kappa shape index (κ1) is 18.6. The van der Waals surface area contributed by atoms with Crippen molar-refractivity contribution in [1.82, 2.24) is 30.5 Å². The Kier molecular flexibility index (Phi) is 5.66. The van der Waals surface area contributed by atoms with E-state index < -0.39 is 0 Å². The minimum absolute atomic E-state index is 0.0608. The third-order valence-corrected chi connectivity index (χ3v) is 5.45. The van der Waals surface area contributed by atoms with E-state index in [0.717, 1.165) is 37.9 Å². The lowest BCUT2D eigenvalue weighted by molar-refractivity contribution is -0.123. The molecule has 0 radical (unpaired) electrons. The van der Waals surface area contributed by atoms with Gasteiger partial charge in [-0.3, -0.25) is 9.59 Å². The zero-order valence-corrected chi connectivity index (χ0v) is 15.9. The van der Waals surface area contributed by atoms with Gasteiger partial charge < -0.3 is 15.5 Å². The van der Waals surface area contributed by atoms with Gasteiger partial charge in [0.05, 0.1) is 17.9 Å². The standard InChI is InChI=1S/C20H26N6O2/c27-19(17-9-4-10-21-17)22-12-15-6-5-11-25(14-15)20(28)18-13-23-26(24-18)16-7-2-1-3-8-16/h1-3,7-8,13,15,17,21H,4-6,9-12,14H2,(H,22,27). The highest BCUT2D eigenvalue weighted by molar-refractivity contribution is 5.92. The quantitative estimate of drug-likeness (QED) is 0.805. The van der Waals surface area contributed by atoms with Crippen molar-refractivity contribution >= 4 is 11.8 Å². The summed E-state index contributed by atoms with van der Waals surface area (Å²) in [7, 11) is 0. The first-order valence-corrected chi connectivity index (χ1v) is 9.99. The molecule has 2 aromatic rings. The summed E-state index contributed by atoms with van der Waals surface area (Å²) >= 11 is 0. The molecule has 2 aliphatic heterocycles. The minimum atomic E-state index is -0.101. The molecule has 1 aromatic carbocycles.